The molecule has 0 radical (unpaired) electrons. The summed E-state index contributed by atoms with van der Waals surface area (Å²) in [5, 5.41) is 30.6. The van der Waals surface area contributed by atoms with Crippen molar-refractivity contribution in [3.05, 3.63) is 36.0 Å². The van der Waals surface area contributed by atoms with Gasteiger partial charge in [-0.1, -0.05) is 44.2 Å². The quantitative estimate of drug-likeness (QED) is 0.216. The number of aliphatic hydroxyl groups is 2. The highest BCUT2D eigenvalue weighted by Gasteiger charge is 2.34. The molecule has 0 saturated heterocycles. The van der Waals surface area contributed by atoms with Gasteiger partial charge in [0.2, 0.25) is 0 Å². The van der Waals surface area contributed by atoms with Gasteiger partial charge in [0.15, 0.2) is 0 Å². The second kappa shape index (κ2) is 16.3. The van der Waals surface area contributed by atoms with E-state index in [1.807, 2.05) is 26.8 Å². The van der Waals surface area contributed by atoms with Crippen molar-refractivity contribution < 1.29 is 43.9 Å². The van der Waals surface area contributed by atoms with E-state index in [0.717, 1.165) is 5.57 Å². The Kier molecular flexibility index (Phi) is 14.3. The molecule has 0 aromatic carbocycles. The smallest absolute Gasteiger partial charge is 0.409 e. The Morgan fingerprint density at radius 2 is 2.03 bits per heavy atom. The summed E-state index contributed by atoms with van der Waals surface area (Å²) < 4.78 is 16.0. The number of hydrogen-bond acceptors (Lipinski definition) is 8. The lowest BCUT2D eigenvalue weighted by Gasteiger charge is -2.32. The third kappa shape index (κ3) is 12.2. The number of rotatable bonds is 10. The first-order chi connectivity index (χ1) is 17.8. The molecule has 0 spiro atoms. The maximum absolute atomic E-state index is 12.5. The number of methoxy groups -OCH3 is 1. The molecule has 0 fully saturated rings. The molecule has 1 aliphatic heterocycles. The van der Waals surface area contributed by atoms with Crippen molar-refractivity contribution in [2.45, 2.75) is 71.2 Å². The van der Waals surface area contributed by atoms with E-state index in [4.69, 9.17) is 14.2 Å². The van der Waals surface area contributed by atoms with E-state index in [2.05, 4.69) is 0 Å². The van der Waals surface area contributed by atoms with Gasteiger partial charge in [-0.25, -0.2) is 4.79 Å². The topological polar surface area (TPSA) is 143 Å². The number of likely N-dealkylation sites (N-methyl/N-ethyl adjacent to an activating group) is 1. The first-order valence-corrected chi connectivity index (χ1v) is 13.0. The summed E-state index contributed by atoms with van der Waals surface area (Å²) in [5.74, 6) is -2.66. The second-order valence-corrected chi connectivity index (χ2v) is 10.4. The SMILES string of the molecule is COCCN(C)C(=O)OC[C@H](C)/C=C/C=C(\C)[C@H]1OC(=O)C[C@H](O)CC[C@@](C)(O)[C@@H](CC(=O)O)/C=C/[C@@H]1C. The normalized spacial score (nSPS) is 29.1. The van der Waals surface area contributed by atoms with Crippen LogP contribution in [0.4, 0.5) is 4.79 Å². The first kappa shape index (κ1) is 33.3. The number of amides is 1. The molecular formula is C28H45NO9. The van der Waals surface area contributed by atoms with Gasteiger partial charge in [0.05, 0.1) is 37.8 Å². The Labute approximate surface area is 225 Å². The lowest BCUT2D eigenvalue weighted by molar-refractivity contribution is -0.151. The van der Waals surface area contributed by atoms with Gasteiger partial charge >= 0.3 is 18.0 Å². The van der Waals surface area contributed by atoms with Crippen LogP contribution in [0.25, 0.3) is 0 Å². The van der Waals surface area contributed by atoms with E-state index in [9.17, 15) is 29.7 Å². The Morgan fingerprint density at radius 1 is 1.34 bits per heavy atom. The Hall–Kier alpha value is -2.69. The highest BCUT2D eigenvalue weighted by atomic mass is 16.6. The molecule has 0 bridgehead atoms. The van der Waals surface area contributed by atoms with E-state index in [-0.39, 0.29) is 44.1 Å². The molecule has 1 aliphatic rings. The van der Waals surface area contributed by atoms with Crippen LogP contribution >= 0.6 is 0 Å². The molecule has 0 aromatic rings. The van der Waals surface area contributed by atoms with E-state index in [1.165, 1.54) is 4.90 Å². The summed E-state index contributed by atoms with van der Waals surface area (Å²) in [5.41, 5.74) is -0.622. The molecule has 6 atom stereocenters. The third-order valence-corrected chi connectivity index (χ3v) is 6.62. The molecule has 0 aromatic heterocycles. The number of aliphatic hydroxyl groups excluding tert-OH is 1. The molecule has 10 heteroatoms. The van der Waals surface area contributed by atoms with E-state index in [1.54, 1.807) is 45.4 Å². The molecule has 216 valence electrons. The zero-order valence-corrected chi connectivity index (χ0v) is 23.5. The van der Waals surface area contributed by atoms with Gasteiger partial charge in [0.25, 0.3) is 0 Å². The van der Waals surface area contributed by atoms with Crippen LogP contribution in [0, 0.1) is 17.8 Å². The fourth-order valence-corrected chi connectivity index (χ4v) is 4.02. The minimum Gasteiger partial charge on any atom is -0.481 e. The van der Waals surface area contributed by atoms with Gasteiger partial charge in [-0.2, -0.15) is 0 Å². The van der Waals surface area contributed by atoms with Crippen LogP contribution in [0.15, 0.2) is 36.0 Å². The van der Waals surface area contributed by atoms with Crippen LogP contribution in [0.3, 0.4) is 0 Å². The highest BCUT2D eigenvalue weighted by molar-refractivity contribution is 5.70. The third-order valence-electron chi connectivity index (χ3n) is 6.62. The average Bonchev–Trinajstić information content (AvgIpc) is 2.84. The number of aliphatic carboxylic acids is 1. The summed E-state index contributed by atoms with van der Waals surface area (Å²) in [4.78, 5) is 37.4. The fourth-order valence-electron chi connectivity index (χ4n) is 4.02. The standard InChI is InChI=1S/C28H45NO9/c1-19(18-37-27(34)29(5)14-15-36-6)8-7-9-20(2)26-21(3)10-11-22(16-24(31)32)28(4,35)13-12-23(30)17-25(33)38-26/h7-11,19,21-23,26,30,35H,12-18H2,1-6H3,(H,31,32)/b8-7+,11-10+,20-9+/t19-,21+,22-,23-,26-,28-/m1/s1. The minimum absolute atomic E-state index is 0.0656. The fraction of sp³-hybridized carbons (Fsp3) is 0.679. The van der Waals surface area contributed by atoms with E-state index < -0.39 is 41.8 Å². The summed E-state index contributed by atoms with van der Waals surface area (Å²) in [6.07, 6.45) is 6.58. The number of carboxylic acid groups (broad SMARTS) is 1. The number of carbonyl (C=O) groups is 3. The van der Waals surface area contributed by atoms with Crippen molar-refractivity contribution in [3.8, 4) is 0 Å². The van der Waals surface area contributed by atoms with Crippen LogP contribution in [-0.2, 0) is 23.8 Å². The molecule has 1 amide bonds. The number of esters is 1. The van der Waals surface area contributed by atoms with E-state index >= 15 is 0 Å². The predicted octanol–water partition coefficient (Wildman–Crippen LogP) is 3.33. The maximum atomic E-state index is 12.5. The van der Waals surface area contributed by atoms with Crippen molar-refractivity contribution in [3.63, 3.8) is 0 Å². The van der Waals surface area contributed by atoms with Crippen LogP contribution < -0.4 is 0 Å². The molecule has 10 nitrogen and oxygen atoms in total. The first-order valence-electron chi connectivity index (χ1n) is 13.0. The lowest BCUT2D eigenvalue weighted by atomic mass is 9.80. The van der Waals surface area contributed by atoms with E-state index in [0.29, 0.717) is 13.2 Å². The summed E-state index contributed by atoms with van der Waals surface area (Å²) in [7, 11) is 3.20. The molecule has 0 saturated carbocycles. The van der Waals surface area contributed by atoms with Crippen LogP contribution in [0.2, 0.25) is 0 Å². The summed E-state index contributed by atoms with van der Waals surface area (Å²) >= 11 is 0. The van der Waals surface area contributed by atoms with Crippen molar-refractivity contribution >= 4 is 18.0 Å². The molecular weight excluding hydrogens is 494 g/mol. The molecule has 0 aliphatic carbocycles. The number of cyclic esters (lactones) is 1. The number of nitrogens with zero attached hydrogens (tertiary/aromatic N) is 1. The second-order valence-electron chi connectivity index (χ2n) is 10.4. The monoisotopic (exact) mass is 539 g/mol. The van der Waals surface area contributed by atoms with Gasteiger partial charge in [0, 0.05) is 38.5 Å². The molecule has 38 heavy (non-hydrogen) atoms. The molecule has 1 heterocycles. The molecule has 1 rings (SSSR count). The van der Waals surface area contributed by atoms with Crippen molar-refractivity contribution in [2.24, 2.45) is 17.8 Å². The number of hydrogen-bond donors (Lipinski definition) is 3. The van der Waals surface area contributed by atoms with Gasteiger partial charge < -0.3 is 34.4 Å². The van der Waals surface area contributed by atoms with Crippen LogP contribution in [0.1, 0.15) is 53.4 Å². The van der Waals surface area contributed by atoms with Gasteiger partial charge in [0.1, 0.15) is 6.10 Å². The van der Waals surface area contributed by atoms with Gasteiger partial charge in [-0.15, -0.1) is 0 Å². The largest absolute Gasteiger partial charge is 0.481 e. The van der Waals surface area contributed by atoms with Gasteiger partial charge in [-0.3, -0.25) is 9.59 Å². The number of allylic oxidation sites excluding steroid dienone is 2. The minimum atomic E-state index is -1.36. The number of carbonyl (C=O) groups excluding carboxylic acids is 2. The number of ether oxygens (including phenoxy) is 3. The highest BCUT2D eigenvalue weighted by Crippen LogP contribution is 2.30. The lowest BCUT2D eigenvalue weighted by Crippen LogP contribution is -2.37. The zero-order valence-electron chi connectivity index (χ0n) is 23.5. The Bertz CT molecular complexity index is 864. The predicted molar refractivity (Wildman–Crippen MR) is 142 cm³/mol. The summed E-state index contributed by atoms with van der Waals surface area (Å²) in [6.45, 7) is 8.15. The molecule has 0 unspecified atom stereocenters. The van der Waals surface area contributed by atoms with Crippen molar-refractivity contribution in [1.29, 1.82) is 0 Å². The zero-order chi connectivity index (χ0) is 28.9. The Balaban J connectivity index is 2.99. The van der Waals surface area contributed by atoms with Crippen molar-refractivity contribution in [1.82, 2.24) is 4.90 Å². The average molecular weight is 540 g/mol. The van der Waals surface area contributed by atoms with Crippen LogP contribution in [-0.4, -0.2) is 90.0 Å². The summed E-state index contributed by atoms with van der Waals surface area (Å²) in [6, 6.07) is 0. The van der Waals surface area contributed by atoms with Gasteiger partial charge in [-0.05, 0) is 32.3 Å². The van der Waals surface area contributed by atoms with Crippen molar-refractivity contribution in [2.75, 3.05) is 33.9 Å². The Morgan fingerprint density at radius 3 is 2.66 bits per heavy atom. The van der Waals surface area contributed by atoms with Crippen LogP contribution in [0.5, 0.6) is 0 Å². The molecule has 3 N–H and O–H groups in total. The maximum Gasteiger partial charge on any atom is 0.409 e. The number of carboxylic acids is 1.